The lowest BCUT2D eigenvalue weighted by molar-refractivity contribution is -0.118. The number of halogens is 1. The number of aryl methyl sites for hydroxylation is 3. The minimum absolute atomic E-state index is 0.0866. The van der Waals surface area contributed by atoms with Crippen molar-refractivity contribution in [3.8, 4) is 0 Å². The zero-order chi connectivity index (χ0) is 22.7. The Morgan fingerprint density at radius 1 is 1.19 bits per heavy atom. The van der Waals surface area contributed by atoms with Crippen molar-refractivity contribution in [1.29, 1.82) is 0 Å². The predicted octanol–water partition coefficient (Wildman–Crippen LogP) is 5.17. The van der Waals surface area contributed by atoms with Crippen molar-refractivity contribution in [2.45, 2.75) is 33.6 Å². The summed E-state index contributed by atoms with van der Waals surface area (Å²) in [7, 11) is 0. The number of hydrogen-bond acceptors (Lipinski definition) is 5. The lowest BCUT2D eigenvalue weighted by Crippen LogP contribution is -2.39. The van der Waals surface area contributed by atoms with E-state index in [2.05, 4.69) is 36.9 Å². The first-order valence-corrected chi connectivity index (χ1v) is 12.3. The number of amides is 1. The maximum atomic E-state index is 13.5. The summed E-state index contributed by atoms with van der Waals surface area (Å²) in [5.74, 6) is 0.0866. The first-order chi connectivity index (χ1) is 15.4. The van der Waals surface area contributed by atoms with Gasteiger partial charge in [0.1, 0.15) is 0 Å². The van der Waals surface area contributed by atoms with Crippen molar-refractivity contribution >= 4 is 44.2 Å². The summed E-state index contributed by atoms with van der Waals surface area (Å²) in [5.41, 5.74) is 5.23. The van der Waals surface area contributed by atoms with E-state index in [9.17, 15) is 4.79 Å². The molecule has 0 atom stereocenters. The molecular weight excluding hydrogens is 442 g/mol. The van der Waals surface area contributed by atoms with Crippen molar-refractivity contribution < 1.29 is 9.53 Å². The number of carbonyl (C=O) groups excluding carboxylic acids is 1. The Labute approximate surface area is 199 Å². The maximum absolute atomic E-state index is 13.5. The molecular formula is C25H30ClN3O2S. The second-order valence-electron chi connectivity index (χ2n) is 8.48. The molecule has 0 unspecified atom stereocenters. The quantitative estimate of drug-likeness (QED) is 0.476. The van der Waals surface area contributed by atoms with E-state index in [0.717, 1.165) is 71.3 Å². The van der Waals surface area contributed by atoms with Gasteiger partial charge in [0.15, 0.2) is 5.13 Å². The van der Waals surface area contributed by atoms with Crippen LogP contribution in [0.25, 0.3) is 10.2 Å². The van der Waals surface area contributed by atoms with Gasteiger partial charge in [-0.05, 0) is 56.0 Å². The topological polar surface area (TPSA) is 45.7 Å². The summed E-state index contributed by atoms with van der Waals surface area (Å²) in [6, 6.07) is 10.2. The van der Waals surface area contributed by atoms with Crippen LogP contribution in [-0.4, -0.2) is 55.2 Å². The number of anilines is 1. The fourth-order valence-corrected chi connectivity index (χ4v) is 5.28. The van der Waals surface area contributed by atoms with E-state index in [4.69, 9.17) is 21.3 Å². The summed E-state index contributed by atoms with van der Waals surface area (Å²) >= 11 is 7.88. The minimum Gasteiger partial charge on any atom is -0.379 e. The Balaban J connectivity index is 1.57. The SMILES string of the molecule is Cc1ccc(C)c(CC(=O)N(CCCN2CCOCC2)c2nc3c(C)c(Cl)ccc3s2)c1. The number of aromatic nitrogens is 1. The number of nitrogens with zero attached hydrogens (tertiary/aromatic N) is 3. The Morgan fingerprint density at radius 3 is 2.75 bits per heavy atom. The van der Waals surface area contributed by atoms with Crippen molar-refractivity contribution in [2.75, 3.05) is 44.3 Å². The summed E-state index contributed by atoms with van der Waals surface area (Å²) < 4.78 is 6.51. The molecule has 0 radical (unpaired) electrons. The molecule has 7 heteroatoms. The van der Waals surface area contributed by atoms with E-state index < -0.39 is 0 Å². The third kappa shape index (κ3) is 5.31. The number of morpholine rings is 1. The van der Waals surface area contributed by atoms with Gasteiger partial charge < -0.3 is 4.74 Å². The Morgan fingerprint density at radius 2 is 1.97 bits per heavy atom. The average Bonchev–Trinajstić information content (AvgIpc) is 3.22. The fraction of sp³-hybridized carbons (Fsp3) is 0.440. The number of ether oxygens (including phenoxy) is 1. The molecule has 32 heavy (non-hydrogen) atoms. The molecule has 0 N–H and O–H groups in total. The predicted molar refractivity (Wildman–Crippen MR) is 133 cm³/mol. The first kappa shape index (κ1) is 23.2. The molecule has 1 fully saturated rings. The minimum atomic E-state index is 0.0866. The van der Waals surface area contributed by atoms with Crippen LogP contribution in [0.3, 0.4) is 0 Å². The molecule has 0 bridgehead atoms. The molecule has 1 amide bonds. The van der Waals surface area contributed by atoms with Crippen LogP contribution in [0.5, 0.6) is 0 Å². The van der Waals surface area contributed by atoms with E-state index in [-0.39, 0.29) is 5.91 Å². The van der Waals surface area contributed by atoms with Crippen LogP contribution in [0, 0.1) is 20.8 Å². The van der Waals surface area contributed by atoms with Crippen LogP contribution in [0.4, 0.5) is 5.13 Å². The normalized spacial score (nSPS) is 14.8. The lowest BCUT2D eigenvalue weighted by atomic mass is 10.0. The van der Waals surface area contributed by atoms with Crippen LogP contribution in [0.2, 0.25) is 5.02 Å². The smallest absolute Gasteiger partial charge is 0.233 e. The van der Waals surface area contributed by atoms with Gasteiger partial charge in [-0.15, -0.1) is 0 Å². The number of benzene rings is 2. The van der Waals surface area contributed by atoms with Gasteiger partial charge in [0, 0.05) is 31.2 Å². The molecule has 3 aromatic rings. The Bertz CT molecular complexity index is 1110. The summed E-state index contributed by atoms with van der Waals surface area (Å²) in [4.78, 5) is 22.6. The zero-order valence-electron chi connectivity index (χ0n) is 19.0. The number of rotatable bonds is 7. The third-order valence-electron chi connectivity index (χ3n) is 6.07. The summed E-state index contributed by atoms with van der Waals surface area (Å²) in [5, 5.41) is 1.46. The molecule has 4 rings (SSSR count). The lowest BCUT2D eigenvalue weighted by Gasteiger charge is -2.28. The highest BCUT2D eigenvalue weighted by Crippen LogP contribution is 2.34. The molecule has 5 nitrogen and oxygen atoms in total. The number of fused-ring (bicyclic) bond motifs is 1. The molecule has 1 aromatic heterocycles. The molecule has 2 aromatic carbocycles. The number of hydrogen-bond donors (Lipinski definition) is 0. The molecule has 1 aliphatic rings. The fourth-order valence-electron chi connectivity index (χ4n) is 4.06. The Kier molecular flexibility index (Phi) is 7.46. The molecule has 0 spiro atoms. The van der Waals surface area contributed by atoms with Crippen molar-refractivity contribution in [2.24, 2.45) is 0 Å². The van der Waals surface area contributed by atoms with E-state index in [1.54, 1.807) is 11.3 Å². The van der Waals surface area contributed by atoms with Crippen LogP contribution >= 0.6 is 22.9 Å². The van der Waals surface area contributed by atoms with E-state index >= 15 is 0 Å². The number of thiazole rings is 1. The highest BCUT2D eigenvalue weighted by atomic mass is 35.5. The highest BCUT2D eigenvalue weighted by molar-refractivity contribution is 7.22. The third-order valence-corrected chi connectivity index (χ3v) is 7.53. The van der Waals surface area contributed by atoms with Crippen molar-refractivity contribution in [3.63, 3.8) is 0 Å². The first-order valence-electron chi connectivity index (χ1n) is 11.1. The van der Waals surface area contributed by atoms with Crippen LogP contribution in [0.15, 0.2) is 30.3 Å². The number of carbonyl (C=O) groups is 1. The monoisotopic (exact) mass is 471 g/mol. The van der Waals surface area contributed by atoms with E-state index in [0.29, 0.717) is 18.0 Å². The Hall–Kier alpha value is -1.99. The molecule has 1 aliphatic heterocycles. The maximum Gasteiger partial charge on any atom is 0.233 e. The highest BCUT2D eigenvalue weighted by Gasteiger charge is 2.22. The average molecular weight is 472 g/mol. The largest absolute Gasteiger partial charge is 0.379 e. The van der Waals surface area contributed by atoms with E-state index in [1.807, 2.05) is 24.0 Å². The zero-order valence-corrected chi connectivity index (χ0v) is 20.6. The molecule has 1 saturated heterocycles. The van der Waals surface area contributed by atoms with Crippen molar-refractivity contribution in [3.05, 3.63) is 57.6 Å². The van der Waals surface area contributed by atoms with Crippen LogP contribution in [-0.2, 0) is 16.0 Å². The van der Waals surface area contributed by atoms with Crippen molar-refractivity contribution in [1.82, 2.24) is 9.88 Å². The molecule has 2 heterocycles. The van der Waals surface area contributed by atoms with Gasteiger partial charge >= 0.3 is 0 Å². The standard InChI is InChI=1S/C25H30ClN3O2S/c1-17-5-6-18(2)20(15-17)16-23(30)29(10-4-9-28-11-13-31-14-12-28)25-27-24-19(3)21(26)7-8-22(24)32-25/h5-8,15H,4,9-14,16H2,1-3H3. The van der Waals surface area contributed by atoms with Crippen LogP contribution < -0.4 is 4.90 Å². The van der Waals surface area contributed by atoms with Gasteiger partial charge in [-0.2, -0.15) is 0 Å². The van der Waals surface area contributed by atoms with Gasteiger partial charge in [-0.3, -0.25) is 14.6 Å². The summed E-state index contributed by atoms with van der Waals surface area (Å²) in [6.07, 6.45) is 1.27. The second-order valence-corrected chi connectivity index (χ2v) is 9.89. The van der Waals surface area contributed by atoms with Gasteiger partial charge in [-0.25, -0.2) is 4.98 Å². The van der Waals surface area contributed by atoms with Gasteiger partial charge in [0.05, 0.1) is 29.9 Å². The van der Waals surface area contributed by atoms with Gasteiger partial charge in [0.2, 0.25) is 5.91 Å². The van der Waals surface area contributed by atoms with E-state index in [1.165, 1.54) is 5.56 Å². The van der Waals surface area contributed by atoms with Crippen LogP contribution in [0.1, 0.15) is 28.7 Å². The van der Waals surface area contributed by atoms with Gasteiger partial charge in [0.25, 0.3) is 0 Å². The molecule has 0 saturated carbocycles. The summed E-state index contributed by atoms with van der Waals surface area (Å²) in [6.45, 7) is 11.2. The molecule has 170 valence electrons. The van der Waals surface area contributed by atoms with Gasteiger partial charge in [-0.1, -0.05) is 46.7 Å². The molecule has 0 aliphatic carbocycles. The second kappa shape index (κ2) is 10.3.